The smallest absolute Gasteiger partial charge is 0.255 e. The van der Waals surface area contributed by atoms with Crippen molar-refractivity contribution in [2.24, 2.45) is 0 Å². The molecule has 9 heteroatoms. The lowest BCUT2D eigenvalue weighted by Crippen LogP contribution is -2.54. The molecule has 2 N–H and O–H groups in total. The minimum atomic E-state index is -0.256. The van der Waals surface area contributed by atoms with Crippen LogP contribution in [-0.4, -0.2) is 66.1 Å². The maximum absolute atomic E-state index is 13.3. The summed E-state index contributed by atoms with van der Waals surface area (Å²) in [7, 11) is 1.60. The number of carbonyl (C=O) groups is 2. The van der Waals surface area contributed by atoms with Crippen LogP contribution in [0.2, 0.25) is 0 Å². The lowest BCUT2D eigenvalue weighted by Gasteiger charge is -2.41. The van der Waals surface area contributed by atoms with Gasteiger partial charge in [-0.15, -0.1) is 0 Å². The van der Waals surface area contributed by atoms with Crippen LogP contribution in [-0.2, 0) is 14.3 Å². The number of anilines is 4. The Hall–Kier alpha value is -3.98. The molecule has 2 amide bonds. The summed E-state index contributed by atoms with van der Waals surface area (Å²) in [5.74, 6) is 0.801. The summed E-state index contributed by atoms with van der Waals surface area (Å²) in [6.07, 6.45) is 5.41. The highest BCUT2D eigenvalue weighted by Gasteiger charge is 2.35. The minimum absolute atomic E-state index is 0.0142. The van der Waals surface area contributed by atoms with Crippen molar-refractivity contribution in [1.82, 2.24) is 14.9 Å². The number of aromatic nitrogens is 2. The fourth-order valence-corrected chi connectivity index (χ4v) is 5.20. The summed E-state index contributed by atoms with van der Waals surface area (Å²) >= 11 is 0. The first-order valence-corrected chi connectivity index (χ1v) is 13.1. The average molecular weight is 515 g/mol. The molecular formula is C29H34N6O3. The molecule has 38 heavy (non-hydrogen) atoms. The first-order valence-electron chi connectivity index (χ1n) is 13.1. The zero-order valence-electron chi connectivity index (χ0n) is 22.0. The second-order valence-electron chi connectivity index (χ2n) is 9.93. The number of fused-ring (bicyclic) bond motifs is 1. The third-order valence-corrected chi connectivity index (χ3v) is 7.27. The molecule has 9 nitrogen and oxygen atoms in total. The lowest BCUT2D eigenvalue weighted by atomic mass is 10.1. The summed E-state index contributed by atoms with van der Waals surface area (Å²) in [6, 6.07) is 11.5. The number of pyridine rings is 2. The van der Waals surface area contributed by atoms with Crippen LogP contribution in [0.1, 0.15) is 37.8 Å². The number of para-hydroxylation sites is 1. The van der Waals surface area contributed by atoms with Crippen LogP contribution in [0, 0.1) is 0 Å². The van der Waals surface area contributed by atoms with Gasteiger partial charge in [-0.05, 0) is 44.0 Å². The highest BCUT2D eigenvalue weighted by molar-refractivity contribution is 6.12. The molecule has 1 aliphatic carbocycles. The Balaban J connectivity index is 1.52. The zero-order chi connectivity index (χ0) is 26.8. The molecule has 1 atom stereocenters. The number of nitrogen functional groups attached to an aromatic ring is 1. The van der Waals surface area contributed by atoms with E-state index in [0.29, 0.717) is 55.5 Å². The van der Waals surface area contributed by atoms with Gasteiger partial charge in [0.15, 0.2) is 5.82 Å². The molecule has 0 spiro atoms. The number of nitrogens with zero attached hydrogens (tertiary/aromatic N) is 5. The van der Waals surface area contributed by atoms with Gasteiger partial charge >= 0.3 is 0 Å². The van der Waals surface area contributed by atoms with Crippen LogP contribution < -0.4 is 15.5 Å². The van der Waals surface area contributed by atoms with E-state index in [0.717, 1.165) is 29.4 Å². The zero-order valence-corrected chi connectivity index (χ0v) is 22.0. The summed E-state index contributed by atoms with van der Waals surface area (Å²) in [4.78, 5) is 41.2. The van der Waals surface area contributed by atoms with Crippen molar-refractivity contribution in [3.05, 3.63) is 60.9 Å². The molecule has 2 aromatic heterocycles. The van der Waals surface area contributed by atoms with Crippen molar-refractivity contribution in [1.29, 1.82) is 0 Å². The van der Waals surface area contributed by atoms with E-state index in [9.17, 15) is 9.59 Å². The molecule has 1 saturated heterocycles. The number of nitrogens with two attached hydrogens (primary N) is 1. The van der Waals surface area contributed by atoms with E-state index in [-0.39, 0.29) is 23.8 Å². The summed E-state index contributed by atoms with van der Waals surface area (Å²) in [5.41, 5.74) is 10.2. The number of amides is 2. The van der Waals surface area contributed by atoms with Crippen molar-refractivity contribution < 1.29 is 14.3 Å². The van der Waals surface area contributed by atoms with Crippen LogP contribution in [0.15, 0.2) is 55.3 Å². The van der Waals surface area contributed by atoms with E-state index in [4.69, 9.17) is 15.5 Å². The Morgan fingerprint density at radius 3 is 2.71 bits per heavy atom. The van der Waals surface area contributed by atoms with Gasteiger partial charge in [0.1, 0.15) is 0 Å². The predicted octanol–water partition coefficient (Wildman–Crippen LogP) is 4.01. The van der Waals surface area contributed by atoms with Gasteiger partial charge in [-0.25, -0.2) is 4.98 Å². The Labute approximate surface area is 222 Å². The summed E-state index contributed by atoms with van der Waals surface area (Å²) in [5, 5.41) is 0.859. The largest absolute Gasteiger partial charge is 0.396 e. The van der Waals surface area contributed by atoms with Crippen LogP contribution in [0.5, 0.6) is 0 Å². The molecule has 2 aliphatic rings. The fraction of sp³-hybridized carbons (Fsp3) is 0.379. The van der Waals surface area contributed by atoms with Crippen molar-refractivity contribution in [2.45, 2.75) is 38.1 Å². The van der Waals surface area contributed by atoms with Gasteiger partial charge in [0, 0.05) is 50.3 Å². The maximum Gasteiger partial charge on any atom is 0.255 e. The van der Waals surface area contributed by atoms with Gasteiger partial charge in [-0.2, -0.15) is 0 Å². The predicted molar refractivity (Wildman–Crippen MR) is 150 cm³/mol. The summed E-state index contributed by atoms with van der Waals surface area (Å²) < 4.78 is 5.08. The molecule has 1 aromatic carbocycles. The molecule has 3 aromatic rings. The van der Waals surface area contributed by atoms with Gasteiger partial charge in [-0.3, -0.25) is 19.5 Å². The number of ether oxygens (including phenoxy) is 1. The standard InChI is InChI=1S/C29H34N6O3/c1-4-26(36)35(24-11-13-31-23-8-6-5-7-21(23)24)25-17-22(30)29(32-28(25)20-9-10-20)33-14-15-34(19(2)18-33)27(37)12-16-38-3/h4-8,11,13,17,19-20H,1,9-10,12,14-16,18,30H2,2-3H3/t19-/m1/s1. The number of methoxy groups -OCH3 is 1. The third-order valence-electron chi connectivity index (χ3n) is 7.27. The van der Waals surface area contributed by atoms with Gasteiger partial charge < -0.3 is 20.3 Å². The van der Waals surface area contributed by atoms with Crippen molar-refractivity contribution in [2.75, 3.05) is 48.9 Å². The number of hydrogen-bond acceptors (Lipinski definition) is 7. The van der Waals surface area contributed by atoms with Gasteiger partial charge in [0.05, 0.1) is 41.3 Å². The SMILES string of the molecule is C=CC(=O)N(c1cc(N)c(N2CCN(C(=O)CCOC)[C@H](C)C2)nc1C1CC1)c1ccnc2ccccc12. The molecule has 2 fully saturated rings. The van der Waals surface area contributed by atoms with Crippen LogP contribution in [0.25, 0.3) is 10.9 Å². The molecular weight excluding hydrogens is 480 g/mol. The Kier molecular flexibility index (Phi) is 7.28. The number of hydrogen-bond donors (Lipinski definition) is 1. The molecule has 198 valence electrons. The average Bonchev–Trinajstić information content (AvgIpc) is 3.77. The monoisotopic (exact) mass is 514 g/mol. The molecule has 0 bridgehead atoms. The Morgan fingerprint density at radius 2 is 2.00 bits per heavy atom. The highest BCUT2D eigenvalue weighted by atomic mass is 16.5. The van der Waals surface area contributed by atoms with E-state index in [2.05, 4.69) is 16.5 Å². The summed E-state index contributed by atoms with van der Waals surface area (Å²) in [6.45, 7) is 8.07. The number of carbonyl (C=O) groups excluding carboxylic acids is 2. The van der Waals surface area contributed by atoms with Crippen LogP contribution in [0.4, 0.5) is 22.9 Å². The first kappa shape index (κ1) is 25.7. The molecule has 1 aliphatic heterocycles. The van der Waals surface area contributed by atoms with Crippen molar-refractivity contribution >= 4 is 45.6 Å². The molecule has 0 unspecified atom stereocenters. The van der Waals surface area contributed by atoms with Gasteiger partial charge in [0.25, 0.3) is 5.91 Å². The van der Waals surface area contributed by atoms with Gasteiger partial charge in [0.2, 0.25) is 5.91 Å². The second-order valence-corrected chi connectivity index (χ2v) is 9.93. The van der Waals surface area contributed by atoms with Crippen LogP contribution in [0.3, 0.4) is 0 Å². The van der Waals surface area contributed by atoms with E-state index >= 15 is 0 Å². The van der Waals surface area contributed by atoms with Crippen molar-refractivity contribution in [3.63, 3.8) is 0 Å². The van der Waals surface area contributed by atoms with E-state index in [1.165, 1.54) is 6.08 Å². The maximum atomic E-state index is 13.3. The van der Waals surface area contributed by atoms with E-state index in [1.807, 2.05) is 48.2 Å². The molecule has 5 rings (SSSR count). The first-order chi connectivity index (χ1) is 18.4. The molecule has 3 heterocycles. The second kappa shape index (κ2) is 10.8. The number of benzene rings is 1. The quantitative estimate of drug-likeness (QED) is 0.453. The number of rotatable bonds is 8. The topological polar surface area (TPSA) is 105 Å². The lowest BCUT2D eigenvalue weighted by molar-refractivity contribution is -0.134. The van der Waals surface area contributed by atoms with E-state index < -0.39 is 0 Å². The number of piperazine rings is 1. The van der Waals surface area contributed by atoms with Crippen LogP contribution >= 0.6 is 0 Å². The molecule has 1 saturated carbocycles. The Morgan fingerprint density at radius 1 is 1.21 bits per heavy atom. The fourth-order valence-electron chi connectivity index (χ4n) is 5.20. The molecule has 0 radical (unpaired) electrons. The highest BCUT2D eigenvalue weighted by Crippen LogP contribution is 2.47. The van der Waals surface area contributed by atoms with Crippen molar-refractivity contribution in [3.8, 4) is 0 Å². The normalized spacial score (nSPS) is 17.5. The van der Waals surface area contributed by atoms with E-state index in [1.54, 1.807) is 18.2 Å². The minimum Gasteiger partial charge on any atom is -0.396 e. The van der Waals surface area contributed by atoms with Gasteiger partial charge in [-0.1, -0.05) is 24.8 Å². The Bertz CT molecular complexity index is 1370. The third kappa shape index (κ3) is 4.93.